The quantitative estimate of drug-likeness (QED) is 0.641. The Morgan fingerprint density at radius 2 is 1.93 bits per heavy atom. The van der Waals surface area contributed by atoms with Gasteiger partial charge in [-0.05, 0) is 27.7 Å². The predicted molar refractivity (Wildman–Crippen MR) is 51.8 cm³/mol. The van der Waals surface area contributed by atoms with Gasteiger partial charge < -0.3 is 9.94 Å². The Balaban J connectivity index is 3.28. The lowest BCUT2D eigenvalue weighted by Gasteiger charge is -2.34. The molecule has 1 N–H and O–H groups in total. The lowest BCUT2D eigenvalue weighted by molar-refractivity contribution is -0.201. The summed E-state index contributed by atoms with van der Waals surface area (Å²) < 4.78 is 5.23. The van der Waals surface area contributed by atoms with Gasteiger partial charge in [-0.1, -0.05) is 0 Å². The smallest absolute Gasteiger partial charge is 0.128 e. The average Bonchev–Trinajstić information content (AvgIpc) is 2.22. The van der Waals surface area contributed by atoms with Crippen LogP contribution in [-0.2, 0) is 9.53 Å². The highest BCUT2D eigenvalue weighted by molar-refractivity contribution is 5.61. The first-order chi connectivity index (χ1) is 6.30. The van der Waals surface area contributed by atoms with E-state index in [1.54, 1.807) is 13.8 Å². The maximum Gasteiger partial charge on any atom is 0.128 e. The maximum atomic E-state index is 10.8. The van der Waals surface area contributed by atoms with Crippen LogP contribution in [0.1, 0.15) is 27.7 Å². The molecule has 0 aromatic rings. The van der Waals surface area contributed by atoms with Crippen molar-refractivity contribution in [1.82, 2.24) is 5.06 Å². The number of methoxy groups -OCH3 is 1. The van der Waals surface area contributed by atoms with Gasteiger partial charge in [0.15, 0.2) is 0 Å². The van der Waals surface area contributed by atoms with Gasteiger partial charge in [-0.2, -0.15) is 5.06 Å². The first-order valence-electron chi connectivity index (χ1n) is 4.57. The summed E-state index contributed by atoms with van der Waals surface area (Å²) in [5, 5.41) is 11.1. The molecule has 1 atom stereocenters. The number of nitrogens with zero attached hydrogens (tertiary/aromatic N) is 1. The highest BCUT2D eigenvalue weighted by Gasteiger charge is 2.56. The second-order valence-electron chi connectivity index (χ2n) is 4.66. The molecule has 1 rings (SSSR count). The van der Waals surface area contributed by atoms with E-state index in [1.165, 1.54) is 7.11 Å². The third-order valence-electron chi connectivity index (χ3n) is 2.98. The zero-order valence-corrected chi connectivity index (χ0v) is 9.29. The predicted octanol–water partition coefficient (Wildman–Crippen LogP) is 1.02. The van der Waals surface area contributed by atoms with Gasteiger partial charge in [0.05, 0.1) is 16.7 Å². The summed E-state index contributed by atoms with van der Waals surface area (Å²) >= 11 is 0. The molecular formula is C10H17NO3. The van der Waals surface area contributed by atoms with Gasteiger partial charge in [0, 0.05) is 7.11 Å². The van der Waals surface area contributed by atoms with Crippen LogP contribution >= 0.6 is 0 Å². The summed E-state index contributed by atoms with van der Waals surface area (Å²) in [7, 11) is 1.53. The topological polar surface area (TPSA) is 49.8 Å². The fraction of sp³-hybridized carbons (Fsp3) is 0.800. The van der Waals surface area contributed by atoms with Gasteiger partial charge in [0.25, 0.3) is 0 Å². The molecule has 1 heterocycles. The Morgan fingerprint density at radius 1 is 1.43 bits per heavy atom. The number of hydrogen-bond donors (Lipinski definition) is 1. The lowest BCUT2D eigenvalue weighted by atomic mass is 9.92. The number of hydroxylamine groups is 2. The van der Waals surface area contributed by atoms with Crippen LogP contribution in [0.5, 0.6) is 0 Å². The largest absolute Gasteiger partial charge is 0.374 e. The van der Waals surface area contributed by atoms with E-state index in [0.29, 0.717) is 5.57 Å². The Morgan fingerprint density at radius 3 is 2.21 bits per heavy atom. The molecule has 0 saturated carbocycles. The number of hydrogen-bond acceptors (Lipinski definition) is 4. The van der Waals surface area contributed by atoms with Crippen LogP contribution in [0.25, 0.3) is 0 Å². The molecule has 4 nitrogen and oxygen atoms in total. The van der Waals surface area contributed by atoms with Crippen LogP contribution in [0.2, 0.25) is 0 Å². The summed E-state index contributed by atoms with van der Waals surface area (Å²) in [6.07, 6.45) is -0.417. The van der Waals surface area contributed by atoms with Crippen molar-refractivity contribution in [3.05, 3.63) is 5.57 Å². The SMILES string of the molecule is COC1C(=C=O)C(C)(C)N(O)C1(C)C. The monoisotopic (exact) mass is 199 g/mol. The van der Waals surface area contributed by atoms with E-state index in [0.717, 1.165) is 5.06 Å². The number of ether oxygens (including phenoxy) is 1. The van der Waals surface area contributed by atoms with Gasteiger partial charge in [0.2, 0.25) is 0 Å². The van der Waals surface area contributed by atoms with Crippen LogP contribution in [0, 0.1) is 0 Å². The molecule has 0 radical (unpaired) electrons. The van der Waals surface area contributed by atoms with Crippen LogP contribution in [0.15, 0.2) is 5.57 Å². The van der Waals surface area contributed by atoms with Crippen molar-refractivity contribution in [2.24, 2.45) is 0 Å². The molecule has 80 valence electrons. The van der Waals surface area contributed by atoms with Gasteiger partial charge in [0.1, 0.15) is 12.0 Å². The average molecular weight is 199 g/mol. The van der Waals surface area contributed by atoms with Crippen molar-refractivity contribution in [2.45, 2.75) is 44.9 Å². The molecule has 1 aliphatic heterocycles. The van der Waals surface area contributed by atoms with Gasteiger partial charge in [-0.25, -0.2) is 4.79 Å². The molecule has 1 aliphatic rings. The Hall–Kier alpha value is -0.670. The Bertz CT molecular complexity index is 290. The maximum absolute atomic E-state index is 10.8. The minimum atomic E-state index is -0.716. The zero-order chi connectivity index (χ0) is 11.1. The van der Waals surface area contributed by atoms with E-state index in [9.17, 15) is 10.0 Å². The second kappa shape index (κ2) is 3.17. The summed E-state index contributed by atoms with van der Waals surface area (Å²) in [6.45, 7) is 7.20. The Kier molecular flexibility index (Phi) is 2.59. The lowest BCUT2D eigenvalue weighted by Crippen LogP contribution is -2.48. The molecule has 4 heteroatoms. The molecule has 0 amide bonds. The van der Waals surface area contributed by atoms with Crippen LogP contribution < -0.4 is 0 Å². The first kappa shape index (κ1) is 11.4. The van der Waals surface area contributed by atoms with Crippen LogP contribution in [0.4, 0.5) is 0 Å². The van der Waals surface area contributed by atoms with Gasteiger partial charge in [-0.3, -0.25) is 0 Å². The Labute approximate surface area is 84.1 Å². The molecule has 0 bridgehead atoms. The van der Waals surface area contributed by atoms with Crippen molar-refractivity contribution in [1.29, 1.82) is 0 Å². The number of carbonyl (C=O) groups excluding carboxylic acids is 1. The first-order valence-corrected chi connectivity index (χ1v) is 4.57. The van der Waals surface area contributed by atoms with E-state index in [-0.39, 0.29) is 0 Å². The van der Waals surface area contributed by atoms with E-state index in [1.807, 2.05) is 19.8 Å². The normalized spacial score (nSPS) is 30.4. The van der Waals surface area contributed by atoms with Gasteiger partial charge >= 0.3 is 0 Å². The van der Waals surface area contributed by atoms with Crippen molar-refractivity contribution >= 4 is 5.94 Å². The molecule has 0 aromatic heterocycles. The zero-order valence-electron chi connectivity index (χ0n) is 9.29. The molecule has 0 spiro atoms. The molecule has 1 unspecified atom stereocenters. The summed E-state index contributed by atoms with van der Waals surface area (Å²) in [5.74, 6) is 1.88. The second-order valence-corrected chi connectivity index (χ2v) is 4.66. The fourth-order valence-electron chi connectivity index (χ4n) is 2.20. The molecule has 1 saturated heterocycles. The highest BCUT2D eigenvalue weighted by atomic mass is 16.5. The summed E-state index contributed by atoms with van der Waals surface area (Å²) in [4.78, 5) is 10.8. The van der Waals surface area contributed by atoms with E-state index in [2.05, 4.69) is 0 Å². The number of rotatable bonds is 1. The van der Waals surface area contributed by atoms with E-state index < -0.39 is 17.2 Å². The third kappa shape index (κ3) is 1.23. The minimum absolute atomic E-state index is 0.417. The van der Waals surface area contributed by atoms with Crippen LogP contribution in [-0.4, -0.2) is 40.5 Å². The van der Waals surface area contributed by atoms with E-state index in [4.69, 9.17) is 4.74 Å². The standard InChI is InChI=1S/C10H17NO3/c1-9(2)7(6-12)8(14-5)10(3,4)11(9)13/h8,13H,1-5H3. The summed E-state index contributed by atoms with van der Waals surface area (Å²) in [6, 6.07) is 0. The minimum Gasteiger partial charge on any atom is -0.374 e. The van der Waals surface area contributed by atoms with Crippen molar-refractivity contribution in [2.75, 3.05) is 7.11 Å². The summed E-state index contributed by atoms with van der Waals surface area (Å²) in [5.41, 5.74) is -0.871. The molecule has 1 fully saturated rings. The molecule has 0 aromatic carbocycles. The molecule has 0 aliphatic carbocycles. The fourth-order valence-corrected chi connectivity index (χ4v) is 2.20. The molecular weight excluding hydrogens is 182 g/mol. The van der Waals surface area contributed by atoms with E-state index >= 15 is 0 Å². The highest BCUT2D eigenvalue weighted by Crippen LogP contribution is 2.43. The third-order valence-corrected chi connectivity index (χ3v) is 2.98. The van der Waals surface area contributed by atoms with Gasteiger partial charge in [-0.15, -0.1) is 0 Å². The van der Waals surface area contributed by atoms with Crippen molar-refractivity contribution < 1.29 is 14.7 Å². The van der Waals surface area contributed by atoms with Crippen molar-refractivity contribution in [3.63, 3.8) is 0 Å². The van der Waals surface area contributed by atoms with Crippen LogP contribution in [0.3, 0.4) is 0 Å². The van der Waals surface area contributed by atoms with Crippen molar-refractivity contribution in [3.8, 4) is 0 Å². The molecule has 14 heavy (non-hydrogen) atoms.